The fourth-order valence-electron chi connectivity index (χ4n) is 3.06. The van der Waals surface area contributed by atoms with E-state index in [9.17, 15) is 4.79 Å². The molecule has 1 atom stereocenters. The van der Waals surface area contributed by atoms with Crippen LogP contribution in [0, 0.1) is 12.8 Å². The van der Waals surface area contributed by atoms with Crippen molar-refractivity contribution >= 4 is 29.0 Å². The molecule has 0 bridgehead atoms. The van der Waals surface area contributed by atoms with E-state index < -0.39 is 0 Å². The summed E-state index contributed by atoms with van der Waals surface area (Å²) in [4.78, 5) is 23.1. The van der Waals surface area contributed by atoms with Gasteiger partial charge >= 0.3 is 0 Å². The highest BCUT2D eigenvalue weighted by atomic mass is 35.5. The van der Waals surface area contributed by atoms with Crippen molar-refractivity contribution in [3.8, 4) is 0 Å². The van der Waals surface area contributed by atoms with Crippen LogP contribution < -0.4 is 10.6 Å². The average molecular weight is 331 g/mol. The Morgan fingerprint density at radius 1 is 1.35 bits per heavy atom. The molecule has 0 aliphatic carbocycles. The molecule has 1 saturated heterocycles. The van der Waals surface area contributed by atoms with Gasteiger partial charge in [-0.05, 0) is 43.5 Å². The minimum absolute atomic E-state index is 0.0418. The Kier molecular flexibility index (Phi) is 4.48. The Balaban J connectivity index is 1.79. The quantitative estimate of drug-likeness (QED) is 0.875. The van der Waals surface area contributed by atoms with Crippen molar-refractivity contribution in [3.05, 3.63) is 46.7 Å². The van der Waals surface area contributed by atoms with Gasteiger partial charge < -0.3 is 10.6 Å². The molecule has 0 amide bonds. The van der Waals surface area contributed by atoms with Crippen LogP contribution in [-0.4, -0.2) is 28.8 Å². The average Bonchev–Trinajstić information content (AvgIpc) is 2.54. The van der Waals surface area contributed by atoms with E-state index in [0.29, 0.717) is 17.4 Å². The number of aryl methyl sites for hydroxylation is 1. The normalized spacial score (nSPS) is 18.0. The first-order valence-corrected chi connectivity index (χ1v) is 8.05. The lowest BCUT2D eigenvalue weighted by Crippen LogP contribution is -2.39. The lowest BCUT2D eigenvalue weighted by atomic mass is 9.88. The summed E-state index contributed by atoms with van der Waals surface area (Å²) in [5.41, 5.74) is 7.40. The lowest BCUT2D eigenvalue weighted by Gasteiger charge is -2.33. The standard InChI is InChI=1S/C17H19ClN4O/c1-11-7-13(18)4-5-14(11)17(23)12-3-2-6-22(9-12)16-8-15(19)20-10-21-16/h4-5,7-8,10,12H,2-3,6,9H2,1H3,(H2,19,20,21). The molecular weight excluding hydrogens is 312 g/mol. The van der Waals surface area contributed by atoms with Gasteiger partial charge in [-0.15, -0.1) is 0 Å². The maximum absolute atomic E-state index is 12.8. The van der Waals surface area contributed by atoms with E-state index >= 15 is 0 Å². The number of Topliss-reactive ketones (excluding diaryl/α,β-unsaturated/α-hetero) is 1. The summed E-state index contributed by atoms with van der Waals surface area (Å²) in [6.45, 7) is 3.45. The number of nitrogens with zero attached hydrogens (tertiary/aromatic N) is 3. The van der Waals surface area contributed by atoms with E-state index in [-0.39, 0.29) is 11.7 Å². The fraction of sp³-hybridized carbons (Fsp3) is 0.353. The maximum Gasteiger partial charge on any atom is 0.167 e. The molecule has 0 saturated carbocycles. The van der Waals surface area contributed by atoms with Gasteiger partial charge in [0.2, 0.25) is 0 Å². The molecule has 3 rings (SSSR count). The zero-order valence-electron chi connectivity index (χ0n) is 13.0. The van der Waals surface area contributed by atoms with Gasteiger partial charge in [0, 0.05) is 35.7 Å². The molecule has 0 radical (unpaired) electrons. The van der Waals surface area contributed by atoms with Crippen LogP contribution in [0.5, 0.6) is 0 Å². The van der Waals surface area contributed by atoms with Crippen molar-refractivity contribution in [2.45, 2.75) is 19.8 Å². The second-order valence-electron chi connectivity index (χ2n) is 5.91. The molecule has 1 aliphatic rings. The Morgan fingerprint density at radius 2 is 2.17 bits per heavy atom. The van der Waals surface area contributed by atoms with Crippen LogP contribution in [0.2, 0.25) is 5.02 Å². The van der Waals surface area contributed by atoms with Crippen LogP contribution in [0.15, 0.2) is 30.6 Å². The number of hydrogen-bond donors (Lipinski definition) is 1. The van der Waals surface area contributed by atoms with E-state index in [1.54, 1.807) is 12.1 Å². The third-order valence-electron chi connectivity index (χ3n) is 4.24. The number of nitrogen functional groups attached to an aromatic ring is 1. The predicted molar refractivity (Wildman–Crippen MR) is 91.9 cm³/mol. The van der Waals surface area contributed by atoms with Crippen molar-refractivity contribution in [1.29, 1.82) is 0 Å². The topological polar surface area (TPSA) is 72.1 Å². The van der Waals surface area contributed by atoms with Gasteiger partial charge in [0.1, 0.15) is 18.0 Å². The SMILES string of the molecule is Cc1cc(Cl)ccc1C(=O)C1CCCN(c2cc(N)ncn2)C1. The first-order valence-electron chi connectivity index (χ1n) is 7.67. The van der Waals surface area contributed by atoms with Crippen LogP contribution >= 0.6 is 11.6 Å². The number of rotatable bonds is 3. The van der Waals surface area contributed by atoms with E-state index in [1.165, 1.54) is 6.33 Å². The highest BCUT2D eigenvalue weighted by Gasteiger charge is 2.28. The summed E-state index contributed by atoms with van der Waals surface area (Å²) in [6, 6.07) is 7.18. The van der Waals surface area contributed by atoms with Gasteiger partial charge in [-0.1, -0.05) is 11.6 Å². The smallest absolute Gasteiger partial charge is 0.167 e. The van der Waals surface area contributed by atoms with Crippen molar-refractivity contribution in [2.75, 3.05) is 23.7 Å². The second kappa shape index (κ2) is 6.54. The van der Waals surface area contributed by atoms with Crippen LogP contribution in [-0.2, 0) is 0 Å². The minimum Gasteiger partial charge on any atom is -0.384 e. The molecule has 6 heteroatoms. The molecule has 2 aromatic rings. The Labute approximate surface area is 140 Å². The van der Waals surface area contributed by atoms with Crippen LogP contribution in [0.4, 0.5) is 11.6 Å². The largest absolute Gasteiger partial charge is 0.384 e. The third kappa shape index (κ3) is 3.45. The first kappa shape index (κ1) is 15.7. The van der Waals surface area contributed by atoms with Gasteiger partial charge in [0.25, 0.3) is 0 Å². The zero-order valence-corrected chi connectivity index (χ0v) is 13.8. The van der Waals surface area contributed by atoms with Crippen molar-refractivity contribution in [3.63, 3.8) is 0 Å². The van der Waals surface area contributed by atoms with Gasteiger partial charge in [-0.2, -0.15) is 0 Å². The molecule has 5 nitrogen and oxygen atoms in total. The number of halogens is 1. The molecule has 1 aromatic carbocycles. The number of aromatic nitrogens is 2. The summed E-state index contributed by atoms with van der Waals surface area (Å²) in [5, 5.41) is 0.654. The van der Waals surface area contributed by atoms with Crippen molar-refractivity contribution in [2.24, 2.45) is 5.92 Å². The molecule has 1 fully saturated rings. The van der Waals surface area contributed by atoms with E-state index in [0.717, 1.165) is 36.3 Å². The molecule has 2 N–H and O–H groups in total. The number of nitrogens with two attached hydrogens (primary N) is 1. The molecule has 23 heavy (non-hydrogen) atoms. The van der Waals surface area contributed by atoms with Gasteiger partial charge in [0.05, 0.1) is 0 Å². The Morgan fingerprint density at radius 3 is 2.91 bits per heavy atom. The fourth-order valence-corrected chi connectivity index (χ4v) is 3.28. The number of anilines is 2. The van der Waals surface area contributed by atoms with E-state index in [1.807, 2.05) is 19.1 Å². The predicted octanol–water partition coefficient (Wildman–Crippen LogP) is 3.12. The van der Waals surface area contributed by atoms with Gasteiger partial charge in [-0.25, -0.2) is 9.97 Å². The van der Waals surface area contributed by atoms with Crippen molar-refractivity contribution in [1.82, 2.24) is 9.97 Å². The molecular formula is C17H19ClN4O. The summed E-state index contributed by atoms with van der Waals surface area (Å²) in [6.07, 6.45) is 3.30. The Bertz CT molecular complexity index is 734. The molecule has 1 aromatic heterocycles. The van der Waals surface area contributed by atoms with Crippen LogP contribution in [0.25, 0.3) is 0 Å². The molecule has 0 spiro atoms. The number of carbonyl (C=O) groups excluding carboxylic acids is 1. The third-order valence-corrected chi connectivity index (χ3v) is 4.48. The number of ketones is 1. The number of piperidine rings is 1. The number of carbonyl (C=O) groups is 1. The molecule has 1 aliphatic heterocycles. The number of benzene rings is 1. The highest BCUT2D eigenvalue weighted by Crippen LogP contribution is 2.26. The van der Waals surface area contributed by atoms with Crippen molar-refractivity contribution < 1.29 is 4.79 Å². The maximum atomic E-state index is 12.8. The second-order valence-corrected chi connectivity index (χ2v) is 6.35. The molecule has 2 heterocycles. The Hall–Kier alpha value is -2.14. The molecule has 1 unspecified atom stereocenters. The zero-order chi connectivity index (χ0) is 16.4. The summed E-state index contributed by atoms with van der Waals surface area (Å²) in [7, 11) is 0. The first-order chi connectivity index (χ1) is 11.0. The van der Waals surface area contributed by atoms with Crippen LogP contribution in [0.3, 0.4) is 0 Å². The van der Waals surface area contributed by atoms with Crippen LogP contribution in [0.1, 0.15) is 28.8 Å². The van der Waals surface area contributed by atoms with Gasteiger partial charge in [-0.3, -0.25) is 4.79 Å². The van der Waals surface area contributed by atoms with E-state index in [2.05, 4.69) is 14.9 Å². The minimum atomic E-state index is -0.0418. The highest BCUT2D eigenvalue weighted by molar-refractivity contribution is 6.30. The monoisotopic (exact) mass is 330 g/mol. The summed E-state index contributed by atoms with van der Waals surface area (Å²) in [5.74, 6) is 1.35. The summed E-state index contributed by atoms with van der Waals surface area (Å²) < 4.78 is 0. The van der Waals surface area contributed by atoms with Gasteiger partial charge in [0.15, 0.2) is 5.78 Å². The lowest BCUT2D eigenvalue weighted by molar-refractivity contribution is 0.0906. The number of hydrogen-bond acceptors (Lipinski definition) is 5. The molecule has 120 valence electrons. The summed E-state index contributed by atoms with van der Waals surface area (Å²) >= 11 is 5.98. The van der Waals surface area contributed by atoms with E-state index in [4.69, 9.17) is 17.3 Å².